The zero-order valence-corrected chi connectivity index (χ0v) is 12.0. The summed E-state index contributed by atoms with van der Waals surface area (Å²) in [6.07, 6.45) is 3.49. The van der Waals surface area contributed by atoms with Crippen molar-refractivity contribution in [2.45, 2.75) is 19.8 Å². The van der Waals surface area contributed by atoms with E-state index in [0.29, 0.717) is 6.61 Å². The molecule has 0 bridgehead atoms. The van der Waals surface area contributed by atoms with Crippen LogP contribution in [0.2, 0.25) is 0 Å². The van der Waals surface area contributed by atoms with Crippen molar-refractivity contribution < 1.29 is 9.53 Å². The van der Waals surface area contributed by atoms with Gasteiger partial charge >= 0.3 is 5.97 Å². The van der Waals surface area contributed by atoms with E-state index in [1.165, 1.54) is 0 Å². The summed E-state index contributed by atoms with van der Waals surface area (Å²) in [6, 6.07) is 3.96. The van der Waals surface area contributed by atoms with E-state index in [1.54, 1.807) is 4.52 Å². The first-order valence-corrected chi connectivity index (χ1v) is 7.21. The number of piperidine rings is 1. The van der Waals surface area contributed by atoms with Crippen LogP contribution in [0.25, 0.3) is 5.65 Å². The van der Waals surface area contributed by atoms with Gasteiger partial charge in [0.1, 0.15) is 0 Å². The molecule has 112 valence electrons. The highest BCUT2D eigenvalue weighted by atomic mass is 16.5. The summed E-state index contributed by atoms with van der Waals surface area (Å²) in [6.45, 7) is 3.96. The van der Waals surface area contributed by atoms with Crippen LogP contribution in [-0.4, -0.2) is 40.3 Å². The van der Waals surface area contributed by atoms with Crippen LogP contribution >= 0.6 is 0 Å². The Morgan fingerprint density at radius 2 is 2.24 bits per heavy atom. The van der Waals surface area contributed by atoms with Crippen molar-refractivity contribution in [3.05, 3.63) is 18.3 Å². The van der Waals surface area contributed by atoms with E-state index in [9.17, 15) is 4.79 Å². The molecule has 21 heavy (non-hydrogen) atoms. The van der Waals surface area contributed by atoms with Crippen molar-refractivity contribution in [3.8, 4) is 0 Å². The standard InChI is InChI=1S/C14H19N5O2/c1-2-21-13(20)10-3-6-18(7-4-10)11-5-8-19-12(9-11)16-14(15)17-19/h5,8-10H,2-4,6-7H2,1H3,(H2,15,17). The number of rotatable bonds is 3. The molecule has 0 aliphatic carbocycles. The molecular formula is C14H19N5O2. The molecule has 3 heterocycles. The fourth-order valence-electron chi connectivity index (χ4n) is 2.72. The van der Waals surface area contributed by atoms with Crippen LogP contribution in [0.1, 0.15) is 19.8 Å². The van der Waals surface area contributed by atoms with Crippen molar-refractivity contribution in [3.63, 3.8) is 0 Å². The van der Waals surface area contributed by atoms with E-state index in [2.05, 4.69) is 15.0 Å². The predicted octanol–water partition coefficient (Wildman–Crippen LogP) is 1.09. The lowest BCUT2D eigenvalue weighted by Crippen LogP contribution is -2.37. The number of hydrogen-bond donors (Lipinski definition) is 1. The highest BCUT2D eigenvalue weighted by molar-refractivity contribution is 5.73. The Morgan fingerprint density at radius 1 is 1.48 bits per heavy atom. The van der Waals surface area contributed by atoms with Gasteiger partial charge in [-0.05, 0) is 25.8 Å². The summed E-state index contributed by atoms with van der Waals surface area (Å²) < 4.78 is 6.75. The molecule has 0 spiro atoms. The lowest BCUT2D eigenvalue weighted by Gasteiger charge is -2.32. The van der Waals surface area contributed by atoms with Gasteiger partial charge in [-0.3, -0.25) is 4.79 Å². The van der Waals surface area contributed by atoms with Gasteiger partial charge < -0.3 is 15.4 Å². The van der Waals surface area contributed by atoms with Crippen LogP contribution in [0.5, 0.6) is 0 Å². The summed E-state index contributed by atoms with van der Waals surface area (Å²) in [7, 11) is 0. The van der Waals surface area contributed by atoms with Crippen molar-refractivity contribution in [2.24, 2.45) is 5.92 Å². The molecule has 0 aromatic carbocycles. The quantitative estimate of drug-likeness (QED) is 0.851. The number of nitrogens with zero attached hydrogens (tertiary/aromatic N) is 4. The molecule has 1 aliphatic rings. The second-order valence-corrected chi connectivity index (χ2v) is 5.17. The third-order valence-corrected chi connectivity index (χ3v) is 3.82. The lowest BCUT2D eigenvalue weighted by molar-refractivity contribution is -0.148. The first-order valence-electron chi connectivity index (χ1n) is 7.21. The molecule has 7 heteroatoms. The Hall–Kier alpha value is -2.31. The van der Waals surface area contributed by atoms with Gasteiger partial charge in [0.25, 0.3) is 0 Å². The summed E-state index contributed by atoms with van der Waals surface area (Å²) in [5, 5.41) is 4.06. The van der Waals surface area contributed by atoms with Crippen LogP contribution in [0, 0.1) is 5.92 Å². The van der Waals surface area contributed by atoms with Crippen molar-refractivity contribution in [1.29, 1.82) is 0 Å². The van der Waals surface area contributed by atoms with Crippen LogP contribution in [0.3, 0.4) is 0 Å². The maximum absolute atomic E-state index is 11.7. The van der Waals surface area contributed by atoms with Gasteiger partial charge in [0.05, 0.1) is 12.5 Å². The van der Waals surface area contributed by atoms with Gasteiger partial charge in [-0.2, -0.15) is 4.98 Å². The lowest BCUT2D eigenvalue weighted by atomic mass is 9.97. The first kappa shape index (κ1) is 13.7. The molecule has 1 saturated heterocycles. The Kier molecular flexibility index (Phi) is 3.64. The maximum Gasteiger partial charge on any atom is 0.309 e. The summed E-state index contributed by atoms with van der Waals surface area (Å²) in [4.78, 5) is 18.2. The second kappa shape index (κ2) is 5.59. The van der Waals surface area contributed by atoms with Gasteiger partial charge in [0.15, 0.2) is 5.65 Å². The number of anilines is 2. The van der Waals surface area contributed by atoms with Gasteiger partial charge in [-0.25, -0.2) is 4.52 Å². The molecule has 0 atom stereocenters. The molecular weight excluding hydrogens is 270 g/mol. The Labute approximate surface area is 122 Å². The van der Waals surface area contributed by atoms with E-state index < -0.39 is 0 Å². The number of carbonyl (C=O) groups is 1. The largest absolute Gasteiger partial charge is 0.466 e. The minimum Gasteiger partial charge on any atom is -0.466 e. The molecule has 2 N–H and O–H groups in total. The number of pyridine rings is 1. The number of aromatic nitrogens is 3. The number of nitrogen functional groups attached to an aromatic ring is 1. The number of nitrogens with two attached hydrogens (primary N) is 1. The van der Waals surface area contributed by atoms with Gasteiger partial charge in [-0.15, -0.1) is 5.10 Å². The minimum atomic E-state index is -0.0715. The van der Waals surface area contributed by atoms with Crippen LogP contribution in [0.4, 0.5) is 11.6 Å². The molecule has 0 amide bonds. The number of hydrogen-bond acceptors (Lipinski definition) is 6. The monoisotopic (exact) mass is 289 g/mol. The molecule has 0 unspecified atom stereocenters. The SMILES string of the molecule is CCOC(=O)C1CCN(c2ccn3nc(N)nc3c2)CC1. The van der Waals surface area contributed by atoms with E-state index >= 15 is 0 Å². The topological polar surface area (TPSA) is 85.8 Å². The number of carbonyl (C=O) groups excluding carboxylic acids is 1. The summed E-state index contributed by atoms with van der Waals surface area (Å²) in [5.41, 5.74) is 7.41. The van der Waals surface area contributed by atoms with E-state index in [0.717, 1.165) is 37.3 Å². The van der Waals surface area contributed by atoms with Crippen molar-refractivity contribution in [1.82, 2.24) is 14.6 Å². The van der Waals surface area contributed by atoms with Crippen molar-refractivity contribution in [2.75, 3.05) is 30.3 Å². The normalized spacial score (nSPS) is 16.3. The molecule has 2 aromatic heterocycles. The summed E-state index contributed by atoms with van der Waals surface area (Å²) in [5.74, 6) is 0.222. The Morgan fingerprint density at radius 3 is 2.95 bits per heavy atom. The fourth-order valence-corrected chi connectivity index (χ4v) is 2.72. The first-order chi connectivity index (χ1) is 10.2. The molecule has 2 aromatic rings. The smallest absolute Gasteiger partial charge is 0.309 e. The average Bonchev–Trinajstić information content (AvgIpc) is 2.86. The molecule has 3 rings (SSSR count). The molecule has 0 saturated carbocycles. The van der Waals surface area contributed by atoms with Crippen LogP contribution in [0.15, 0.2) is 18.3 Å². The summed E-state index contributed by atoms with van der Waals surface area (Å²) >= 11 is 0. The van der Waals surface area contributed by atoms with Gasteiger partial charge in [-0.1, -0.05) is 0 Å². The fraction of sp³-hybridized carbons (Fsp3) is 0.500. The van der Waals surface area contributed by atoms with E-state index in [1.807, 2.05) is 25.3 Å². The molecule has 0 radical (unpaired) electrons. The highest BCUT2D eigenvalue weighted by Gasteiger charge is 2.26. The molecule has 7 nitrogen and oxygen atoms in total. The van der Waals surface area contributed by atoms with E-state index in [-0.39, 0.29) is 17.8 Å². The van der Waals surface area contributed by atoms with Crippen molar-refractivity contribution >= 4 is 23.3 Å². The predicted molar refractivity (Wildman–Crippen MR) is 79.0 cm³/mol. The number of esters is 1. The van der Waals surface area contributed by atoms with Gasteiger partial charge in [0, 0.05) is 31.0 Å². The Bertz CT molecular complexity index is 646. The minimum absolute atomic E-state index is 0.0219. The zero-order valence-electron chi connectivity index (χ0n) is 12.0. The number of ether oxygens (including phenoxy) is 1. The average molecular weight is 289 g/mol. The third kappa shape index (κ3) is 2.76. The molecule has 1 fully saturated rings. The van der Waals surface area contributed by atoms with E-state index in [4.69, 9.17) is 10.5 Å². The Balaban J connectivity index is 1.69. The number of fused-ring (bicyclic) bond motifs is 1. The maximum atomic E-state index is 11.7. The highest BCUT2D eigenvalue weighted by Crippen LogP contribution is 2.24. The second-order valence-electron chi connectivity index (χ2n) is 5.17. The third-order valence-electron chi connectivity index (χ3n) is 3.82. The van der Waals surface area contributed by atoms with Crippen LogP contribution in [-0.2, 0) is 9.53 Å². The molecule has 1 aliphatic heterocycles. The van der Waals surface area contributed by atoms with Crippen LogP contribution < -0.4 is 10.6 Å². The van der Waals surface area contributed by atoms with Gasteiger partial charge in [0.2, 0.25) is 5.95 Å². The zero-order chi connectivity index (χ0) is 14.8.